The standard InChI is InChI=1S/C21H19N3O3S/c1-14-3-8-18(19(11-14)26-2)27-13-20(25)22-16-6-4-15(5-7-16)17-12-24-9-10-28-21(24)23-17/h3-12H,13H2,1-2H3,(H,22,25). The highest BCUT2D eigenvalue weighted by Crippen LogP contribution is 2.28. The predicted octanol–water partition coefficient (Wildman–Crippen LogP) is 4.40. The number of carbonyl (C=O) groups excluding carboxylic acids is 1. The number of methoxy groups -OCH3 is 1. The molecule has 7 heteroatoms. The van der Waals surface area contributed by atoms with Gasteiger partial charge in [-0.3, -0.25) is 9.20 Å². The third-order valence-electron chi connectivity index (χ3n) is 4.24. The number of hydrogen-bond donors (Lipinski definition) is 1. The van der Waals surface area contributed by atoms with Crippen LogP contribution in [0, 0.1) is 6.92 Å². The summed E-state index contributed by atoms with van der Waals surface area (Å²) in [4.78, 5) is 17.7. The molecular weight excluding hydrogens is 374 g/mol. The number of benzene rings is 2. The first-order chi connectivity index (χ1) is 13.6. The molecule has 0 saturated heterocycles. The highest BCUT2D eigenvalue weighted by atomic mass is 32.1. The monoisotopic (exact) mass is 393 g/mol. The van der Waals surface area contributed by atoms with Crippen LogP contribution in [0.3, 0.4) is 0 Å². The molecule has 0 unspecified atom stereocenters. The summed E-state index contributed by atoms with van der Waals surface area (Å²) in [5.74, 6) is 0.911. The van der Waals surface area contributed by atoms with Gasteiger partial charge in [-0.1, -0.05) is 18.2 Å². The number of ether oxygens (including phenoxy) is 2. The molecule has 0 aliphatic heterocycles. The van der Waals surface area contributed by atoms with E-state index in [1.807, 2.05) is 65.5 Å². The van der Waals surface area contributed by atoms with Crippen LogP contribution in [0.4, 0.5) is 5.69 Å². The molecule has 0 aliphatic carbocycles. The second-order valence-corrected chi connectivity index (χ2v) is 7.16. The van der Waals surface area contributed by atoms with Gasteiger partial charge in [0.2, 0.25) is 0 Å². The lowest BCUT2D eigenvalue weighted by Gasteiger charge is -2.11. The van der Waals surface area contributed by atoms with Crippen molar-refractivity contribution in [2.45, 2.75) is 6.92 Å². The summed E-state index contributed by atoms with van der Waals surface area (Å²) in [7, 11) is 1.58. The third-order valence-corrected chi connectivity index (χ3v) is 5.01. The molecule has 28 heavy (non-hydrogen) atoms. The van der Waals surface area contributed by atoms with E-state index < -0.39 is 0 Å². The van der Waals surface area contributed by atoms with Crippen LogP contribution in [0.5, 0.6) is 11.5 Å². The Bertz CT molecular complexity index is 1090. The average Bonchev–Trinajstić information content (AvgIpc) is 3.30. The molecule has 0 bridgehead atoms. The van der Waals surface area contributed by atoms with Gasteiger partial charge in [-0.2, -0.15) is 0 Å². The zero-order chi connectivity index (χ0) is 19.5. The van der Waals surface area contributed by atoms with Crippen molar-refractivity contribution < 1.29 is 14.3 Å². The second-order valence-electron chi connectivity index (χ2n) is 6.29. The molecule has 0 saturated carbocycles. The minimum Gasteiger partial charge on any atom is -0.493 e. The second kappa shape index (κ2) is 7.74. The Labute approximate surface area is 166 Å². The minimum atomic E-state index is -0.238. The van der Waals surface area contributed by atoms with Crippen LogP contribution >= 0.6 is 11.3 Å². The zero-order valence-corrected chi connectivity index (χ0v) is 16.3. The summed E-state index contributed by atoms with van der Waals surface area (Å²) in [6.45, 7) is 1.87. The lowest BCUT2D eigenvalue weighted by molar-refractivity contribution is -0.118. The van der Waals surface area contributed by atoms with Crippen molar-refractivity contribution in [1.29, 1.82) is 0 Å². The molecule has 142 valence electrons. The normalized spacial score (nSPS) is 10.8. The maximum Gasteiger partial charge on any atom is 0.262 e. The largest absolute Gasteiger partial charge is 0.493 e. The molecule has 1 amide bonds. The molecule has 2 aromatic carbocycles. The summed E-state index contributed by atoms with van der Waals surface area (Å²) < 4.78 is 12.9. The van der Waals surface area contributed by atoms with Gasteiger partial charge in [-0.25, -0.2) is 4.98 Å². The lowest BCUT2D eigenvalue weighted by atomic mass is 10.1. The van der Waals surface area contributed by atoms with Crippen LogP contribution in [-0.2, 0) is 4.79 Å². The quantitative estimate of drug-likeness (QED) is 0.527. The first kappa shape index (κ1) is 18.1. The van der Waals surface area contributed by atoms with Gasteiger partial charge in [-0.05, 0) is 36.8 Å². The summed E-state index contributed by atoms with van der Waals surface area (Å²) >= 11 is 1.59. The van der Waals surface area contributed by atoms with Crippen molar-refractivity contribution in [3.8, 4) is 22.8 Å². The molecule has 6 nitrogen and oxygen atoms in total. The number of anilines is 1. The number of rotatable bonds is 6. The molecule has 4 aromatic rings. The molecule has 1 N–H and O–H groups in total. The number of thiazole rings is 1. The van der Waals surface area contributed by atoms with Crippen molar-refractivity contribution in [2.75, 3.05) is 19.0 Å². The number of imidazole rings is 1. The maximum atomic E-state index is 12.2. The summed E-state index contributed by atoms with van der Waals surface area (Å²) in [6.07, 6.45) is 3.97. The van der Waals surface area contributed by atoms with Gasteiger partial charge in [0, 0.05) is 29.0 Å². The van der Waals surface area contributed by atoms with Gasteiger partial charge >= 0.3 is 0 Å². The highest BCUT2D eigenvalue weighted by molar-refractivity contribution is 7.15. The molecule has 0 spiro atoms. The molecule has 0 aliphatic rings. The van der Waals surface area contributed by atoms with Gasteiger partial charge in [0.25, 0.3) is 5.91 Å². The molecule has 2 aromatic heterocycles. The van der Waals surface area contributed by atoms with Crippen molar-refractivity contribution in [3.05, 3.63) is 65.8 Å². The number of nitrogens with one attached hydrogen (secondary N) is 1. The number of hydrogen-bond acceptors (Lipinski definition) is 5. The van der Waals surface area contributed by atoms with E-state index in [1.165, 1.54) is 0 Å². The Hall–Kier alpha value is -3.32. The Kier molecular flexibility index (Phi) is 4.99. The van der Waals surface area contributed by atoms with Gasteiger partial charge in [0.1, 0.15) is 0 Å². The zero-order valence-electron chi connectivity index (χ0n) is 15.5. The fraction of sp³-hybridized carbons (Fsp3) is 0.143. The first-order valence-corrected chi connectivity index (χ1v) is 9.60. The van der Waals surface area contributed by atoms with Crippen LogP contribution in [-0.4, -0.2) is 29.0 Å². The van der Waals surface area contributed by atoms with Gasteiger partial charge in [-0.15, -0.1) is 11.3 Å². The van der Waals surface area contributed by atoms with E-state index in [0.717, 1.165) is 21.8 Å². The van der Waals surface area contributed by atoms with Gasteiger partial charge < -0.3 is 14.8 Å². The number of aryl methyl sites for hydroxylation is 1. The van der Waals surface area contributed by atoms with E-state index in [2.05, 4.69) is 10.3 Å². The third kappa shape index (κ3) is 3.84. The molecule has 2 heterocycles. The number of aromatic nitrogens is 2. The Morgan fingerprint density at radius 1 is 1.18 bits per heavy atom. The van der Waals surface area contributed by atoms with Crippen molar-refractivity contribution in [2.24, 2.45) is 0 Å². The summed E-state index contributed by atoms with van der Waals surface area (Å²) in [6, 6.07) is 13.2. The minimum absolute atomic E-state index is 0.0987. The van der Waals surface area contributed by atoms with Crippen LogP contribution in [0.15, 0.2) is 60.2 Å². The molecule has 0 radical (unpaired) electrons. The first-order valence-electron chi connectivity index (χ1n) is 8.72. The SMILES string of the molecule is COc1cc(C)ccc1OCC(=O)Nc1ccc(-c2cn3ccsc3n2)cc1. The van der Waals surface area contributed by atoms with E-state index in [0.29, 0.717) is 17.2 Å². The number of carbonyl (C=O) groups is 1. The lowest BCUT2D eigenvalue weighted by Crippen LogP contribution is -2.20. The van der Waals surface area contributed by atoms with Crippen molar-refractivity contribution in [1.82, 2.24) is 9.38 Å². The average molecular weight is 393 g/mol. The topological polar surface area (TPSA) is 64.9 Å². The Morgan fingerprint density at radius 3 is 2.75 bits per heavy atom. The molecule has 0 fully saturated rings. The maximum absolute atomic E-state index is 12.2. The molecular formula is C21H19N3O3S. The predicted molar refractivity (Wildman–Crippen MR) is 110 cm³/mol. The van der Waals surface area contributed by atoms with Gasteiger partial charge in [0.15, 0.2) is 23.1 Å². The van der Waals surface area contributed by atoms with E-state index in [9.17, 15) is 4.79 Å². The van der Waals surface area contributed by atoms with E-state index >= 15 is 0 Å². The van der Waals surface area contributed by atoms with E-state index in [4.69, 9.17) is 9.47 Å². The van der Waals surface area contributed by atoms with Crippen molar-refractivity contribution >= 4 is 27.9 Å². The van der Waals surface area contributed by atoms with Crippen LogP contribution in [0.25, 0.3) is 16.2 Å². The van der Waals surface area contributed by atoms with E-state index in [-0.39, 0.29) is 12.5 Å². The smallest absolute Gasteiger partial charge is 0.262 e. The highest BCUT2D eigenvalue weighted by Gasteiger charge is 2.09. The van der Waals surface area contributed by atoms with Gasteiger partial charge in [0.05, 0.1) is 12.8 Å². The van der Waals surface area contributed by atoms with Crippen molar-refractivity contribution in [3.63, 3.8) is 0 Å². The van der Waals surface area contributed by atoms with E-state index in [1.54, 1.807) is 24.5 Å². The van der Waals surface area contributed by atoms with Crippen LogP contribution in [0.1, 0.15) is 5.56 Å². The fourth-order valence-corrected chi connectivity index (χ4v) is 3.53. The fourth-order valence-electron chi connectivity index (χ4n) is 2.83. The Morgan fingerprint density at radius 2 is 2.00 bits per heavy atom. The summed E-state index contributed by atoms with van der Waals surface area (Å²) in [5.41, 5.74) is 3.66. The molecule has 4 rings (SSSR count). The number of nitrogens with zero attached hydrogens (tertiary/aromatic N) is 2. The summed E-state index contributed by atoms with van der Waals surface area (Å²) in [5, 5.41) is 4.83. The number of fused-ring (bicyclic) bond motifs is 1. The molecule has 0 atom stereocenters. The Balaban J connectivity index is 1.37. The van der Waals surface area contributed by atoms with Crippen LogP contribution in [0.2, 0.25) is 0 Å². The van der Waals surface area contributed by atoms with Crippen LogP contribution < -0.4 is 14.8 Å². The number of amides is 1.